The first-order valence-corrected chi connectivity index (χ1v) is 10.8. The normalized spacial score (nSPS) is 12.0. The van der Waals surface area contributed by atoms with Crippen molar-refractivity contribution in [3.05, 3.63) is 71.0 Å². The number of nitrogens with zero attached hydrogens (tertiary/aromatic N) is 1. The van der Waals surface area contributed by atoms with E-state index >= 15 is 0 Å². The van der Waals surface area contributed by atoms with Crippen molar-refractivity contribution < 1.29 is 12.8 Å². The average molecular weight is 407 g/mol. The third-order valence-corrected chi connectivity index (χ3v) is 5.35. The summed E-state index contributed by atoms with van der Waals surface area (Å²) in [5, 5.41) is 6.40. The zero-order valence-corrected chi connectivity index (χ0v) is 17.0. The molecule has 2 aromatic rings. The molecule has 0 heterocycles. The van der Waals surface area contributed by atoms with Crippen LogP contribution in [-0.4, -0.2) is 34.5 Å². The van der Waals surface area contributed by atoms with Crippen LogP contribution in [0.5, 0.6) is 0 Å². The predicted octanol–water partition coefficient (Wildman–Crippen LogP) is 2.17. The summed E-state index contributed by atoms with van der Waals surface area (Å²) in [6, 6.07) is 13.9. The second-order valence-electron chi connectivity index (χ2n) is 6.29. The Bertz CT molecular complexity index is 901. The van der Waals surface area contributed by atoms with Crippen LogP contribution in [0.25, 0.3) is 0 Å². The third-order valence-electron chi connectivity index (χ3n) is 4.02. The molecule has 28 heavy (non-hydrogen) atoms. The van der Waals surface area contributed by atoms with Crippen molar-refractivity contribution in [2.75, 3.05) is 20.1 Å². The van der Waals surface area contributed by atoms with Crippen molar-refractivity contribution in [2.24, 2.45) is 4.99 Å². The summed E-state index contributed by atoms with van der Waals surface area (Å²) in [6.45, 7) is 3.73. The van der Waals surface area contributed by atoms with Gasteiger partial charge in [0.15, 0.2) is 5.96 Å². The second kappa shape index (κ2) is 10.8. The standard InChI is InChI=1S/C20H27FN4O2S/c1-3-23-20(24-11-10-16-6-5-9-19(21)13-16)25-14-17-7-4-8-18(12-17)15-28(26,27)22-2/h4-9,12-13,22H,3,10-11,14-15H2,1-2H3,(H2,23,24,25). The van der Waals surface area contributed by atoms with E-state index in [1.165, 1.54) is 19.2 Å². The van der Waals surface area contributed by atoms with Gasteiger partial charge in [0, 0.05) is 13.1 Å². The number of guanidine groups is 1. The van der Waals surface area contributed by atoms with Crippen molar-refractivity contribution in [3.63, 3.8) is 0 Å². The summed E-state index contributed by atoms with van der Waals surface area (Å²) < 4.78 is 39.0. The van der Waals surface area contributed by atoms with Crippen LogP contribution in [0.15, 0.2) is 53.5 Å². The van der Waals surface area contributed by atoms with E-state index in [0.717, 1.165) is 11.1 Å². The number of aliphatic imine (C=N–C) groups is 1. The first-order valence-electron chi connectivity index (χ1n) is 9.17. The lowest BCUT2D eigenvalue weighted by Gasteiger charge is -2.12. The van der Waals surface area contributed by atoms with E-state index in [9.17, 15) is 12.8 Å². The molecule has 0 aliphatic rings. The van der Waals surface area contributed by atoms with Gasteiger partial charge in [-0.3, -0.25) is 0 Å². The Balaban J connectivity index is 1.96. The van der Waals surface area contributed by atoms with Crippen LogP contribution in [0.4, 0.5) is 4.39 Å². The number of rotatable bonds is 9. The molecule has 0 radical (unpaired) electrons. The molecule has 152 valence electrons. The van der Waals surface area contributed by atoms with E-state index < -0.39 is 10.0 Å². The quantitative estimate of drug-likeness (QED) is 0.440. The Kier molecular flexibility index (Phi) is 8.41. The molecule has 0 aromatic heterocycles. The molecule has 3 N–H and O–H groups in total. The van der Waals surface area contributed by atoms with Crippen LogP contribution in [0.3, 0.4) is 0 Å². The maximum Gasteiger partial charge on any atom is 0.215 e. The molecule has 0 saturated carbocycles. The van der Waals surface area contributed by atoms with Gasteiger partial charge in [-0.1, -0.05) is 36.4 Å². The Morgan fingerprint density at radius 1 is 1.04 bits per heavy atom. The number of nitrogens with one attached hydrogen (secondary N) is 3. The van der Waals surface area contributed by atoms with Gasteiger partial charge >= 0.3 is 0 Å². The van der Waals surface area contributed by atoms with E-state index in [2.05, 4.69) is 20.3 Å². The summed E-state index contributed by atoms with van der Waals surface area (Å²) in [4.78, 5) is 4.55. The van der Waals surface area contributed by atoms with Crippen molar-refractivity contribution in [2.45, 2.75) is 25.6 Å². The smallest absolute Gasteiger partial charge is 0.215 e. The summed E-state index contributed by atoms with van der Waals surface area (Å²) in [7, 11) is -1.90. The molecule has 2 rings (SSSR count). The van der Waals surface area contributed by atoms with E-state index in [4.69, 9.17) is 0 Å². The zero-order valence-electron chi connectivity index (χ0n) is 16.2. The van der Waals surface area contributed by atoms with Gasteiger partial charge in [0.2, 0.25) is 10.0 Å². The summed E-state index contributed by atoms with van der Waals surface area (Å²) in [5.41, 5.74) is 2.55. The highest BCUT2D eigenvalue weighted by Crippen LogP contribution is 2.10. The Labute approximate surface area is 166 Å². The zero-order chi connectivity index (χ0) is 20.4. The fourth-order valence-electron chi connectivity index (χ4n) is 2.64. The van der Waals surface area contributed by atoms with Gasteiger partial charge in [0.25, 0.3) is 0 Å². The highest BCUT2D eigenvalue weighted by atomic mass is 32.2. The minimum absolute atomic E-state index is 0.0625. The molecule has 0 spiro atoms. The van der Waals surface area contributed by atoms with Gasteiger partial charge in [-0.05, 0) is 49.2 Å². The molecule has 0 bridgehead atoms. The van der Waals surface area contributed by atoms with E-state index in [1.807, 2.05) is 31.2 Å². The molecular formula is C20H27FN4O2S. The molecule has 0 aliphatic carbocycles. The molecule has 2 aromatic carbocycles. The maximum absolute atomic E-state index is 13.2. The van der Waals surface area contributed by atoms with Crippen molar-refractivity contribution >= 4 is 16.0 Å². The Morgan fingerprint density at radius 3 is 2.46 bits per heavy atom. The second-order valence-corrected chi connectivity index (χ2v) is 8.21. The fourth-order valence-corrected chi connectivity index (χ4v) is 3.40. The average Bonchev–Trinajstić information content (AvgIpc) is 2.66. The molecule has 0 unspecified atom stereocenters. The van der Waals surface area contributed by atoms with Gasteiger partial charge in [-0.2, -0.15) is 0 Å². The molecule has 6 nitrogen and oxygen atoms in total. The third kappa shape index (κ3) is 7.66. The predicted molar refractivity (Wildman–Crippen MR) is 111 cm³/mol. The number of hydrogen-bond acceptors (Lipinski definition) is 3. The van der Waals surface area contributed by atoms with Crippen molar-refractivity contribution in [1.29, 1.82) is 0 Å². The van der Waals surface area contributed by atoms with Crippen LogP contribution in [0.2, 0.25) is 0 Å². The molecule has 0 fully saturated rings. The summed E-state index contributed by atoms with van der Waals surface area (Å²) in [6.07, 6.45) is 0.680. The molecule has 0 amide bonds. The first-order chi connectivity index (χ1) is 13.4. The monoisotopic (exact) mass is 406 g/mol. The van der Waals surface area contributed by atoms with E-state index in [-0.39, 0.29) is 11.6 Å². The number of hydrogen-bond donors (Lipinski definition) is 3. The van der Waals surface area contributed by atoms with Gasteiger partial charge in [0.1, 0.15) is 5.82 Å². The highest BCUT2D eigenvalue weighted by Gasteiger charge is 2.08. The minimum Gasteiger partial charge on any atom is -0.357 e. The van der Waals surface area contributed by atoms with Gasteiger partial charge in [-0.15, -0.1) is 0 Å². The van der Waals surface area contributed by atoms with E-state index in [0.29, 0.717) is 37.6 Å². The molecular weight excluding hydrogens is 379 g/mol. The van der Waals surface area contributed by atoms with Crippen molar-refractivity contribution in [1.82, 2.24) is 15.4 Å². The summed E-state index contributed by atoms with van der Waals surface area (Å²) >= 11 is 0. The largest absolute Gasteiger partial charge is 0.357 e. The Hall–Kier alpha value is -2.45. The molecule has 0 aliphatic heterocycles. The number of halogens is 1. The topological polar surface area (TPSA) is 82.6 Å². The van der Waals surface area contributed by atoms with E-state index in [1.54, 1.807) is 12.1 Å². The lowest BCUT2D eigenvalue weighted by atomic mass is 10.1. The van der Waals surface area contributed by atoms with Gasteiger partial charge in [-0.25, -0.2) is 22.5 Å². The molecule has 8 heteroatoms. The highest BCUT2D eigenvalue weighted by molar-refractivity contribution is 7.88. The first kappa shape index (κ1) is 21.8. The summed E-state index contributed by atoms with van der Waals surface area (Å²) in [5.74, 6) is 0.359. The van der Waals surface area contributed by atoms with Crippen molar-refractivity contribution in [3.8, 4) is 0 Å². The molecule has 0 saturated heterocycles. The fraction of sp³-hybridized carbons (Fsp3) is 0.350. The van der Waals surface area contributed by atoms with Gasteiger partial charge < -0.3 is 10.6 Å². The Morgan fingerprint density at radius 2 is 1.75 bits per heavy atom. The van der Waals surface area contributed by atoms with Crippen LogP contribution in [-0.2, 0) is 28.7 Å². The van der Waals surface area contributed by atoms with Crippen LogP contribution < -0.4 is 15.4 Å². The lowest BCUT2D eigenvalue weighted by molar-refractivity contribution is 0.587. The van der Waals surface area contributed by atoms with Crippen LogP contribution in [0.1, 0.15) is 23.6 Å². The van der Waals surface area contributed by atoms with Crippen LogP contribution in [0, 0.1) is 5.82 Å². The lowest BCUT2D eigenvalue weighted by Crippen LogP contribution is -2.38. The van der Waals surface area contributed by atoms with Gasteiger partial charge in [0.05, 0.1) is 12.3 Å². The SMILES string of the molecule is CCNC(=NCc1cccc(CS(=O)(=O)NC)c1)NCCc1cccc(F)c1. The van der Waals surface area contributed by atoms with Crippen LogP contribution >= 0.6 is 0 Å². The maximum atomic E-state index is 13.2. The molecule has 0 atom stereocenters. The number of sulfonamides is 1. The number of benzene rings is 2. The minimum atomic E-state index is -3.31.